The van der Waals surface area contributed by atoms with Crippen LogP contribution in [0.15, 0.2) is 70.5 Å². The first-order valence-corrected chi connectivity index (χ1v) is 7.12. The maximum Gasteiger partial charge on any atom is 0.381 e. The summed E-state index contributed by atoms with van der Waals surface area (Å²) in [7, 11) is 1.08. The summed E-state index contributed by atoms with van der Waals surface area (Å²) in [6.07, 6.45) is 0. The van der Waals surface area contributed by atoms with Crippen LogP contribution in [-0.2, 0) is 14.3 Å². The molecule has 0 aliphatic rings. The van der Waals surface area contributed by atoms with Crippen LogP contribution in [0.4, 0.5) is 5.69 Å². The maximum absolute atomic E-state index is 12.1. The first-order chi connectivity index (χ1) is 11.5. The monoisotopic (exact) mass is 324 g/mol. The van der Waals surface area contributed by atoms with Gasteiger partial charge < -0.3 is 9.84 Å². The van der Waals surface area contributed by atoms with Gasteiger partial charge in [0.2, 0.25) is 0 Å². The number of aliphatic hydroxyl groups excluding tert-OH is 1. The van der Waals surface area contributed by atoms with Gasteiger partial charge in [-0.15, -0.1) is 5.11 Å². The number of aliphatic hydroxyl groups is 1. The molecule has 0 atom stereocenters. The summed E-state index contributed by atoms with van der Waals surface area (Å²) in [5, 5.41) is 18.0. The molecule has 0 saturated heterocycles. The van der Waals surface area contributed by atoms with Crippen molar-refractivity contribution in [1.82, 2.24) is 0 Å². The molecular formula is C18H16N2O4. The van der Waals surface area contributed by atoms with E-state index in [1.54, 1.807) is 54.6 Å². The van der Waals surface area contributed by atoms with Gasteiger partial charge in [-0.2, -0.15) is 5.11 Å². The smallest absolute Gasteiger partial charge is 0.381 e. The SMILES string of the molecule is COC(=O)C(=O)C(N=Nc1ccccc1)=C(O)c1ccc(C)cc1. The molecule has 0 heterocycles. The number of carbonyl (C=O) groups excluding carboxylic acids is 2. The second-order valence-corrected chi connectivity index (χ2v) is 4.92. The molecule has 0 bridgehead atoms. The van der Waals surface area contributed by atoms with E-state index in [9.17, 15) is 14.7 Å². The van der Waals surface area contributed by atoms with Crippen molar-refractivity contribution in [2.24, 2.45) is 10.2 Å². The van der Waals surface area contributed by atoms with E-state index in [1.165, 1.54) is 0 Å². The van der Waals surface area contributed by atoms with Crippen molar-refractivity contribution < 1.29 is 19.4 Å². The number of ketones is 1. The van der Waals surface area contributed by atoms with E-state index in [4.69, 9.17) is 0 Å². The van der Waals surface area contributed by atoms with E-state index >= 15 is 0 Å². The predicted octanol–water partition coefficient (Wildman–Crippen LogP) is 3.75. The van der Waals surface area contributed by atoms with E-state index in [1.807, 2.05) is 6.92 Å². The highest BCUT2D eigenvalue weighted by molar-refractivity contribution is 6.41. The van der Waals surface area contributed by atoms with Crippen LogP contribution in [0.5, 0.6) is 0 Å². The Hall–Kier alpha value is -3.28. The lowest BCUT2D eigenvalue weighted by Crippen LogP contribution is -2.18. The third-order valence-electron chi connectivity index (χ3n) is 3.16. The average molecular weight is 324 g/mol. The third kappa shape index (κ3) is 4.13. The lowest BCUT2D eigenvalue weighted by atomic mass is 10.1. The molecule has 6 nitrogen and oxygen atoms in total. The fourth-order valence-corrected chi connectivity index (χ4v) is 1.84. The van der Waals surface area contributed by atoms with Crippen molar-refractivity contribution >= 4 is 23.2 Å². The van der Waals surface area contributed by atoms with Gasteiger partial charge >= 0.3 is 5.97 Å². The zero-order chi connectivity index (χ0) is 17.5. The Labute approximate surface area is 139 Å². The minimum atomic E-state index is -1.13. The van der Waals surface area contributed by atoms with E-state index in [0.29, 0.717) is 11.3 Å². The van der Waals surface area contributed by atoms with Crippen LogP contribution in [0.2, 0.25) is 0 Å². The van der Waals surface area contributed by atoms with E-state index in [0.717, 1.165) is 12.7 Å². The van der Waals surface area contributed by atoms with E-state index < -0.39 is 23.2 Å². The number of esters is 1. The van der Waals surface area contributed by atoms with Crippen molar-refractivity contribution in [3.8, 4) is 0 Å². The van der Waals surface area contributed by atoms with Gasteiger partial charge in [0, 0.05) is 5.56 Å². The molecule has 2 rings (SSSR count). The van der Waals surface area contributed by atoms with Crippen LogP contribution >= 0.6 is 0 Å². The summed E-state index contributed by atoms with van der Waals surface area (Å²) < 4.78 is 4.41. The molecule has 6 heteroatoms. The van der Waals surface area contributed by atoms with Gasteiger partial charge in [-0.25, -0.2) is 4.79 Å². The molecule has 1 N–H and O–H groups in total. The Morgan fingerprint density at radius 3 is 2.21 bits per heavy atom. The van der Waals surface area contributed by atoms with Crippen molar-refractivity contribution in [3.05, 3.63) is 71.4 Å². The highest BCUT2D eigenvalue weighted by Gasteiger charge is 2.24. The van der Waals surface area contributed by atoms with Gasteiger partial charge in [-0.1, -0.05) is 48.0 Å². The van der Waals surface area contributed by atoms with Gasteiger partial charge in [0.05, 0.1) is 12.8 Å². The molecule has 0 spiro atoms. The Bertz CT molecular complexity index is 794. The Morgan fingerprint density at radius 1 is 1.00 bits per heavy atom. The van der Waals surface area contributed by atoms with Crippen LogP contribution < -0.4 is 0 Å². The Morgan fingerprint density at radius 2 is 1.62 bits per heavy atom. The molecule has 0 aliphatic heterocycles. The first kappa shape index (κ1) is 17.1. The fourth-order valence-electron chi connectivity index (χ4n) is 1.84. The number of hydrogen-bond acceptors (Lipinski definition) is 6. The predicted molar refractivity (Wildman–Crippen MR) is 88.7 cm³/mol. The van der Waals surface area contributed by atoms with Gasteiger partial charge in [-0.3, -0.25) is 4.79 Å². The largest absolute Gasteiger partial charge is 0.505 e. The van der Waals surface area contributed by atoms with Crippen LogP contribution in [0, 0.1) is 6.92 Å². The topological polar surface area (TPSA) is 88.3 Å². The summed E-state index contributed by atoms with van der Waals surface area (Å²) in [5.41, 5.74) is 1.33. The summed E-state index contributed by atoms with van der Waals surface area (Å²) >= 11 is 0. The fraction of sp³-hybridized carbons (Fsp3) is 0.111. The normalized spacial score (nSPS) is 11.9. The van der Waals surface area contributed by atoms with Crippen molar-refractivity contribution in [2.45, 2.75) is 6.92 Å². The number of benzene rings is 2. The molecule has 0 radical (unpaired) electrons. The van der Waals surface area contributed by atoms with Crippen molar-refractivity contribution in [3.63, 3.8) is 0 Å². The zero-order valence-electron chi connectivity index (χ0n) is 13.3. The highest BCUT2D eigenvalue weighted by atomic mass is 16.5. The summed E-state index contributed by atoms with van der Waals surface area (Å²) in [6.45, 7) is 1.89. The van der Waals surface area contributed by atoms with Gasteiger partial charge in [0.15, 0.2) is 11.5 Å². The number of rotatable bonds is 5. The number of aryl methyl sites for hydroxylation is 1. The van der Waals surface area contributed by atoms with Crippen LogP contribution in [0.3, 0.4) is 0 Å². The second kappa shape index (κ2) is 7.82. The van der Waals surface area contributed by atoms with E-state index in [-0.39, 0.29) is 0 Å². The minimum Gasteiger partial charge on any atom is -0.505 e. The molecule has 24 heavy (non-hydrogen) atoms. The second-order valence-electron chi connectivity index (χ2n) is 4.92. The minimum absolute atomic E-state index is 0.347. The summed E-state index contributed by atoms with van der Waals surface area (Å²) in [6, 6.07) is 15.4. The maximum atomic E-state index is 12.1. The Kier molecular flexibility index (Phi) is 5.57. The number of methoxy groups -OCH3 is 1. The lowest BCUT2D eigenvalue weighted by Gasteiger charge is -2.05. The van der Waals surface area contributed by atoms with Crippen molar-refractivity contribution in [2.75, 3.05) is 7.11 Å². The average Bonchev–Trinajstić information content (AvgIpc) is 2.62. The number of nitrogens with zero attached hydrogens (tertiary/aromatic N) is 2. The molecule has 0 aromatic heterocycles. The summed E-state index contributed by atoms with van der Waals surface area (Å²) in [4.78, 5) is 23.7. The van der Waals surface area contributed by atoms with Crippen LogP contribution in [-0.4, -0.2) is 24.0 Å². The molecule has 0 amide bonds. The molecule has 122 valence electrons. The molecule has 2 aromatic rings. The number of Topliss-reactive ketones (excluding diaryl/α,β-unsaturated/α-hetero) is 1. The summed E-state index contributed by atoms with van der Waals surface area (Å²) in [5.74, 6) is -2.64. The molecule has 0 saturated carbocycles. The number of azo groups is 1. The number of ether oxygens (including phenoxy) is 1. The molecule has 0 unspecified atom stereocenters. The number of carbonyl (C=O) groups is 2. The first-order valence-electron chi connectivity index (χ1n) is 7.12. The number of hydrogen-bond donors (Lipinski definition) is 1. The van der Waals surface area contributed by atoms with Gasteiger partial charge in [0.1, 0.15) is 0 Å². The molecule has 0 aliphatic carbocycles. The van der Waals surface area contributed by atoms with Crippen LogP contribution in [0.25, 0.3) is 5.76 Å². The lowest BCUT2D eigenvalue weighted by molar-refractivity contribution is -0.149. The molecular weight excluding hydrogens is 308 g/mol. The van der Waals surface area contributed by atoms with E-state index in [2.05, 4.69) is 15.0 Å². The van der Waals surface area contributed by atoms with Crippen molar-refractivity contribution in [1.29, 1.82) is 0 Å². The molecule has 0 fully saturated rings. The highest BCUT2D eigenvalue weighted by Crippen LogP contribution is 2.21. The van der Waals surface area contributed by atoms with Gasteiger partial charge in [-0.05, 0) is 19.1 Å². The van der Waals surface area contributed by atoms with Gasteiger partial charge in [0.25, 0.3) is 5.78 Å². The Balaban J connectivity index is 2.47. The zero-order valence-corrected chi connectivity index (χ0v) is 13.3. The quantitative estimate of drug-likeness (QED) is 0.298. The molecule has 2 aromatic carbocycles. The van der Waals surface area contributed by atoms with Crippen LogP contribution in [0.1, 0.15) is 11.1 Å². The third-order valence-corrected chi connectivity index (χ3v) is 3.16. The standard InChI is InChI=1S/C18H16N2O4/c1-12-8-10-13(11-9-12)16(21)15(17(22)18(23)24-2)20-19-14-6-4-3-5-7-14/h3-11,21H,1-2H3.